The van der Waals surface area contributed by atoms with Crippen LogP contribution in [-0.2, 0) is 0 Å². The van der Waals surface area contributed by atoms with Crippen LogP contribution in [0.4, 0.5) is 0 Å². The third-order valence-electron chi connectivity index (χ3n) is 4.34. The predicted octanol–water partition coefficient (Wildman–Crippen LogP) is 4.84. The minimum absolute atomic E-state index is 0. The first-order valence-corrected chi connectivity index (χ1v) is 7.09. The highest BCUT2D eigenvalue weighted by atomic mass is 35.5. The van der Waals surface area contributed by atoms with Crippen LogP contribution in [0.3, 0.4) is 0 Å². The molecule has 2 aromatic carbocycles. The van der Waals surface area contributed by atoms with E-state index in [-0.39, 0.29) is 18.4 Å². The molecule has 0 bridgehead atoms. The molecule has 0 aliphatic heterocycles. The molecule has 0 amide bonds. The van der Waals surface area contributed by atoms with Gasteiger partial charge >= 0.3 is 0 Å². The molecule has 0 unspecified atom stereocenters. The molecule has 1 aliphatic carbocycles. The summed E-state index contributed by atoms with van der Waals surface area (Å²) >= 11 is 0. The zero-order valence-corrected chi connectivity index (χ0v) is 12.0. The van der Waals surface area contributed by atoms with Crippen molar-refractivity contribution >= 4 is 23.2 Å². The van der Waals surface area contributed by atoms with Crippen LogP contribution in [0.2, 0.25) is 0 Å². The van der Waals surface area contributed by atoms with E-state index in [4.69, 9.17) is 5.73 Å². The molecule has 102 valence electrons. The molecule has 0 saturated heterocycles. The summed E-state index contributed by atoms with van der Waals surface area (Å²) in [5.74, 6) is 0.671. The van der Waals surface area contributed by atoms with Gasteiger partial charge in [-0.15, -0.1) is 12.4 Å². The normalized spacial score (nSPS) is 17.9. The van der Waals surface area contributed by atoms with Crippen molar-refractivity contribution in [3.05, 3.63) is 48.0 Å². The highest BCUT2D eigenvalue weighted by Crippen LogP contribution is 2.35. The summed E-state index contributed by atoms with van der Waals surface area (Å²) in [5.41, 5.74) is 7.87. The Bertz CT molecular complexity index is 526. The summed E-state index contributed by atoms with van der Waals surface area (Å²) in [7, 11) is 0. The first-order chi connectivity index (χ1) is 8.86. The summed E-state index contributed by atoms with van der Waals surface area (Å²) in [6.45, 7) is 0. The predicted molar refractivity (Wildman–Crippen MR) is 84.7 cm³/mol. The summed E-state index contributed by atoms with van der Waals surface area (Å²) in [6, 6.07) is 15.3. The van der Waals surface area contributed by atoms with Gasteiger partial charge in [0.1, 0.15) is 0 Å². The molecule has 1 saturated carbocycles. The van der Waals surface area contributed by atoms with E-state index in [0.29, 0.717) is 5.92 Å². The number of hydrogen-bond acceptors (Lipinski definition) is 1. The minimum Gasteiger partial charge on any atom is -0.324 e. The second-order valence-corrected chi connectivity index (χ2v) is 5.49. The molecule has 1 nitrogen and oxygen atoms in total. The molecule has 0 radical (unpaired) electrons. The second kappa shape index (κ2) is 6.40. The van der Waals surface area contributed by atoms with Crippen molar-refractivity contribution in [1.29, 1.82) is 0 Å². The third kappa shape index (κ3) is 2.93. The fourth-order valence-corrected chi connectivity index (χ4v) is 3.29. The van der Waals surface area contributed by atoms with Gasteiger partial charge in [-0.05, 0) is 35.1 Å². The maximum Gasteiger partial charge on any atom is 0.0329 e. The van der Waals surface area contributed by atoms with E-state index in [2.05, 4.69) is 42.5 Å². The van der Waals surface area contributed by atoms with Gasteiger partial charge in [-0.25, -0.2) is 0 Å². The molecule has 2 aromatic rings. The highest BCUT2D eigenvalue weighted by Gasteiger charge is 2.22. The van der Waals surface area contributed by atoms with Crippen molar-refractivity contribution in [3.63, 3.8) is 0 Å². The topological polar surface area (TPSA) is 26.0 Å². The lowest BCUT2D eigenvalue weighted by molar-refractivity contribution is 0.309. The standard InChI is InChI=1S/C17H21N.ClH/c18-17(14-8-2-1-3-9-14)16-12-6-10-13-7-4-5-11-15(13)16;/h4-7,10-12,14,17H,1-3,8-9,18H2;1H/t17-;/m1./s1. The van der Waals surface area contributed by atoms with E-state index < -0.39 is 0 Å². The Morgan fingerprint density at radius 1 is 0.895 bits per heavy atom. The van der Waals surface area contributed by atoms with Gasteiger partial charge in [0.2, 0.25) is 0 Å². The van der Waals surface area contributed by atoms with Crippen molar-refractivity contribution in [3.8, 4) is 0 Å². The Morgan fingerprint density at radius 3 is 2.37 bits per heavy atom. The van der Waals surface area contributed by atoms with E-state index in [9.17, 15) is 0 Å². The first-order valence-electron chi connectivity index (χ1n) is 7.09. The van der Waals surface area contributed by atoms with Crippen LogP contribution < -0.4 is 5.73 Å². The lowest BCUT2D eigenvalue weighted by Crippen LogP contribution is -2.23. The number of benzene rings is 2. The molecule has 1 aliphatic rings. The Labute approximate surface area is 121 Å². The Hall–Kier alpha value is -1.05. The van der Waals surface area contributed by atoms with Gasteiger partial charge in [-0.1, -0.05) is 61.7 Å². The molecule has 0 aromatic heterocycles. The Balaban J connectivity index is 0.00000133. The summed E-state index contributed by atoms with van der Waals surface area (Å²) in [5, 5.41) is 2.64. The molecule has 0 heterocycles. The summed E-state index contributed by atoms with van der Waals surface area (Å²) < 4.78 is 0. The lowest BCUT2D eigenvalue weighted by Gasteiger charge is -2.28. The van der Waals surface area contributed by atoms with Gasteiger partial charge in [0, 0.05) is 6.04 Å². The van der Waals surface area contributed by atoms with E-state index in [1.807, 2.05) is 0 Å². The lowest BCUT2D eigenvalue weighted by atomic mass is 9.80. The second-order valence-electron chi connectivity index (χ2n) is 5.49. The number of fused-ring (bicyclic) bond motifs is 1. The average molecular weight is 276 g/mol. The number of halogens is 1. The van der Waals surface area contributed by atoms with Gasteiger partial charge in [-0.3, -0.25) is 0 Å². The maximum absolute atomic E-state index is 6.54. The van der Waals surface area contributed by atoms with Crippen molar-refractivity contribution in [2.75, 3.05) is 0 Å². The molecule has 2 N–H and O–H groups in total. The molecule has 19 heavy (non-hydrogen) atoms. The zero-order chi connectivity index (χ0) is 12.4. The van der Waals surface area contributed by atoms with Crippen molar-refractivity contribution in [2.24, 2.45) is 11.7 Å². The highest BCUT2D eigenvalue weighted by molar-refractivity contribution is 5.86. The van der Waals surface area contributed by atoms with Crippen LogP contribution in [0.15, 0.2) is 42.5 Å². The van der Waals surface area contributed by atoms with Gasteiger partial charge in [0.15, 0.2) is 0 Å². The largest absolute Gasteiger partial charge is 0.324 e. The maximum atomic E-state index is 6.54. The van der Waals surface area contributed by atoms with Gasteiger partial charge < -0.3 is 5.73 Å². The molecule has 0 spiro atoms. The van der Waals surface area contributed by atoms with Crippen LogP contribution >= 0.6 is 12.4 Å². The van der Waals surface area contributed by atoms with E-state index in [1.165, 1.54) is 48.4 Å². The molecule has 1 atom stereocenters. The van der Waals surface area contributed by atoms with Crippen LogP contribution in [-0.4, -0.2) is 0 Å². The van der Waals surface area contributed by atoms with Crippen molar-refractivity contribution in [2.45, 2.75) is 38.1 Å². The smallest absolute Gasteiger partial charge is 0.0329 e. The fourth-order valence-electron chi connectivity index (χ4n) is 3.29. The van der Waals surface area contributed by atoms with Crippen molar-refractivity contribution in [1.82, 2.24) is 0 Å². The first kappa shape index (κ1) is 14.4. The fraction of sp³-hybridized carbons (Fsp3) is 0.412. The Morgan fingerprint density at radius 2 is 1.58 bits per heavy atom. The Kier molecular flexibility index (Phi) is 4.84. The number of rotatable bonds is 2. The van der Waals surface area contributed by atoms with E-state index >= 15 is 0 Å². The summed E-state index contributed by atoms with van der Waals surface area (Å²) in [4.78, 5) is 0. The van der Waals surface area contributed by atoms with E-state index in [0.717, 1.165) is 0 Å². The number of nitrogens with two attached hydrogens (primary N) is 1. The van der Waals surface area contributed by atoms with Crippen LogP contribution in [0.25, 0.3) is 10.8 Å². The monoisotopic (exact) mass is 275 g/mol. The van der Waals surface area contributed by atoms with Crippen LogP contribution in [0, 0.1) is 5.92 Å². The minimum atomic E-state index is 0. The third-order valence-corrected chi connectivity index (χ3v) is 4.34. The number of hydrogen-bond donors (Lipinski definition) is 1. The van der Waals surface area contributed by atoms with E-state index in [1.54, 1.807) is 0 Å². The molecule has 2 heteroatoms. The van der Waals surface area contributed by atoms with Crippen LogP contribution in [0.1, 0.15) is 43.7 Å². The average Bonchev–Trinajstić information content (AvgIpc) is 2.47. The molecule has 1 fully saturated rings. The SMILES string of the molecule is Cl.N[C@@H](c1cccc2ccccc12)C1CCCCC1. The molecule has 3 rings (SSSR count). The van der Waals surface area contributed by atoms with Gasteiger partial charge in [0.25, 0.3) is 0 Å². The molecular formula is C17H22ClN. The van der Waals surface area contributed by atoms with Gasteiger partial charge in [-0.2, -0.15) is 0 Å². The quantitative estimate of drug-likeness (QED) is 0.834. The van der Waals surface area contributed by atoms with Gasteiger partial charge in [0.05, 0.1) is 0 Å². The van der Waals surface area contributed by atoms with Crippen LogP contribution in [0.5, 0.6) is 0 Å². The molecular weight excluding hydrogens is 254 g/mol. The van der Waals surface area contributed by atoms with Crippen molar-refractivity contribution < 1.29 is 0 Å². The summed E-state index contributed by atoms with van der Waals surface area (Å²) in [6.07, 6.45) is 6.68. The zero-order valence-electron chi connectivity index (χ0n) is 11.2.